The molecule has 0 amide bonds. The first-order valence-electron chi connectivity index (χ1n) is 5.08. The predicted octanol–water partition coefficient (Wildman–Crippen LogP) is 1.80. The Morgan fingerprint density at radius 1 is 1.06 bits per heavy atom. The van der Waals surface area contributed by atoms with Crippen molar-refractivity contribution in [2.24, 2.45) is 0 Å². The molecule has 2 aromatic carbocycles. The smallest absolute Gasteiger partial charge is 0.243 e. The molecule has 0 saturated carbocycles. The third-order valence-electron chi connectivity index (χ3n) is 2.60. The predicted molar refractivity (Wildman–Crippen MR) is 66.5 cm³/mol. The molecule has 0 aliphatic rings. The molecular formula is C12H13NO3S. The maximum atomic E-state index is 12.1. The van der Waals surface area contributed by atoms with Crippen LogP contribution in [0.3, 0.4) is 0 Å². The third-order valence-corrected chi connectivity index (χ3v) is 4.46. The highest BCUT2D eigenvalue weighted by atomic mass is 32.2. The van der Waals surface area contributed by atoms with Crippen molar-refractivity contribution in [3.63, 3.8) is 0 Å². The monoisotopic (exact) mass is 251 g/mol. The number of fused-ring (bicyclic) bond motifs is 1. The second-order valence-electron chi connectivity index (χ2n) is 3.92. The van der Waals surface area contributed by atoms with E-state index in [0.717, 1.165) is 4.31 Å². The molecule has 4 nitrogen and oxygen atoms in total. The topological polar surface area (TPSA) is 57.6 Å². The number of nitrogens with zero attached hydrogens (tertiary/aromatic N) is 1. The first kappa shape index (κ1) is 11.9. The van der Waals surface area contributed by atoms with Crippen molar-refractivity contribution in [2.45, 2.75) is 4.90 Å². The van der Waals surface area contributed by atoms with Crippen LogP contribution in [0.5, 0.6) is 5.75 Å². The minimum Gasteiger partial charge on any atom is -0.507 e. The highest BCUT2D eigenvalue weighted by molar-refractivity contribution is 7.89. The Morgan fingerprint density at radius 3 is 2.24 bits per heavy atom. The number of aromatic hydroxyl groups is 1. The first-order chi connectivity index (χ1) is 7.94. The Kier molecular flexibility index (Phi) is 2.81. The van der Waals surface area contributed by atoms with E-state index in [-0.39, 0.29) is 10.6 Å². The summed E-state index contributed by atoms with van der Waals surface area (Å²) in [6, 6.07) is 9.86. The summed E-state index contributed by atoms with van der Waals surface area (Å²) in [5, 5.41) is 10.9. The van der Waals surface area contributed by atoms with Gasteiger partial charge in [0, 0.05) is 19.5 Å². The van der Waals surface area contributed by atoms with Crippen molar-refractivity contribution in [2.75, 3.05) is 14.1 Å². The SMILES string of the molecule is CN(C)S(=O)(=O)c1cccc2cccc(O)c12. The molecule has 0 aliphatic carbocycles. The Bertz CT molecular complexity index is 657. The van der Waals surface area contributed by atoms with Crippen LogP contribution in [-0.4, -0.2) is 31.9 Å². The van der Waals surface area contributed by atoms with Gasteiger partial charge in [-0.05, 0) is 17.5 Å². The van der Waals surface area contributed by atoms with E-state index in [1.807, 2.05) is 0 Å². The van der Waals surface area contributed by atoms with E-state index < -0.39 is 10.0 Å². The molecular weight excluding hydrogens is 238 g/mol. The fourth-order valence-corrected chi connectivity index (χ4v) is 2.82. The maximum absolute atomic E-state index is 12.1. The summed E-state index contributed by atoms with van der Waals surface area (Å²) < 4.78 is 25.4. The van der Waals surface area contributed by atoms with E-state index in [0.29, 0.717) is 10.8 Å². The summed E-state index contributed by atoms with van der Waals surface area (Å²) in [6.45, 7) is 0. The van der Waals surface area contributed by atoms with Crippen LogP contribution in [0, 0.1) is 0 Å². The van der Waals surface area contributed by atoms with Gasteiger partial charge in [-0.3, -0.25) is 0 Å². The van der Waals surface area contributed by atoms with E-state index >= 15 is 0 Å². The van der Waals surface area contributed by atoms with Crippen LogP contribution >= 0.6 is 0 Å². The number of phenolic OH excluding ortho intramolecular Hbond substituents is 1. The Hall–Kier alpha value is -1.59. The number of hydrogen-bond donors (Lipinski definition) is 1. The molecule has 0 fully saturated rings. The lowest BCUT2D eigenvalue weighted by Crippen LogP contribution is -2.22. The molecule has 0 aromatic heterocycles. The van der Waals surface area contributed by atoms with Crippen LogP contribution in [0.25, 0.3) is 10.8 Å². The summed E-state index contributed by atoms with van der Waals surface area (Å²) in [5.74, 6) is -0.0245. The van der Waals surface area contributed by atoms with Gasteiger partial charge in [-0.1, -0.05) is 24.3 Å². The van der Waals surface area contributed by atoms with E-state index in [4.69, 9.17) is 0 Å². The first-order valence-corrected chi connectivity index (χ1v) is 6.52. The summed E-state index contributed by atoms with van der Waals surface area (Å²) in [7, 11) is -0.620. The quantitative estimate of drug-likeness (QED) is 0.885. The Morgan fingerprint density at radius 2 is 1.65 bits per heavy atom. The zero-order valence-electron chi connectivity index (χ0n) is 9.58. The molecule has 0 bridgehead atoms. The fourth-order valence-electron chi connectivity index (χ4n) is 1.70. The van der Waals surface area contributed by atoms with Crippen LogP contribution in [-0.2, 0) is 10.0 Å². The number of rotatable bonds is 2. The van der Waals surface area contributed by atoms with Gasteiger partial charge in [-0.15, -0.1) is 0 Å². The highest BCUT2D eigenvalue weighted by Crippen LogP contribution is 2.31. The van der Waals surface area contributed by atoms with Crippen LogP contribution in [0.1, 0.15) is 0 Å². The second kappa shape index (κ2) is 4.01. The molecule has 0 spiro atoms. The molecule has 17 heavy (non-hydrogen) atoms. The van der Waals surface area contributed by atoms with E-state index in [1.54, 1.807) is 24.3 Å². The molecule has 2 rings (SSSR count). The zero-order chi connectivity index (χ0) is 12.6. The van der Waals surface area contributed by atoms with Gasteiger partial charge >= 0.3 is 0 Å². The summed E-state index contributed by atoms with van der Waals surface area (Å²) in [6.07, 6.45) is 0. The minimum absolute atomic E-state index is 0.0245. The van der Waals surface area contributed by atoms with Gasteiger partial charge in [0.25, 0.3) is 0 Å². The molecule has 90 valence electrons. The lowest BCUT2D eigenvalue weighted by molar-refractivity contribution is 0.479. The second-order valence-corrected chi connectivity index (χ2v) is 6.04. The standard InChI is InChI=1S/C12H13NO3S/c1-13(2)17(15,16)11-8-4-6-9-5-3-7-10(14)12(9)11/h3-8,14H,1-2H3. The van der Waals surface area contributed by atoms with Crippen molar-refractivity contribution in [3.05, 3.63) is 36.4 Å². The van der Waals surface area contributed by atoms with Crippen molar-refractivity contribution >= 4 is 20.8 Å². The molecule has 0 heterocycles. The number of sulfonamides is 1. The lowest BCUT2D eigenvalue weighted by Gasteiger charge is -2.14. The Labute approximate surface area is 100 Å². The normalized spacial score (nSPS) is 12.2. The molecule has 2 aromatic rings. The summed E-state index contributed by atoms with van der Waals surface area (Å²) in [4.78, 5) is 0.123. The van der Waals surface area contributed by atoms with Crippen LogP contribution in [0.4, 0.5) is 0 Å². The van der Waals surface area contributed by atoms with Crippen molar-refractivity contribution in [3.8, 4) is 5.75 Å². The van der Waals surface area contributed by atoms with Crippen molar-refractivity contribution < 1.29 is 13.5 Å². The highest BCUT2D eigenvalue weighted by Gasteiger charge is 2.21. The van der Waals surface area contributed by atoms with E-state index in [9.17, 15) is 13.5 Å². The summed E-state index contributed by atoms with van der Waals surface area (Å²) >= 11 is 0. The number of phenols is 1. The van der Waals surface area contributed by atoms with Gasteiger partial charge in [-0.25, -0.2) is 12.7 Å². The number of benzene rings is 2. The van der Waals surface area contributed by atoms with E-state index in [1.165, 1.54) is 26.2 Å². The van der Waals surface area contributed by atoms with Crippen LogP contribution in [0.2, 0.25) is 0 Å². The van der Waals surface area contributed by atoms with Crippen LogP contribution < -0.4 is 0 Å². The molecule has 1 N–H and O–H groups in total. The fraction of sp³-hybridized carbons (Fsp3) is 0.167. The average molecular weight is 251 g/mol. The molecule has 0 atom stereocenters. The number of hydrogen-bond acceptors (Lipinski definition) is 3. The van der Waals surface area contributed by atoms with Crippen molar-refractivity contribution in [1.82, 2.24) is 4.31 Å². The minimum atomic E-state index is -3.55. The van der Waals surface area contributed by atoms with Gasteiger partial charge in [0.2, 0.25) is 10.0 Å². The Balaban J connectivity index is 2.89. The van der Waals surface area contributed by atoms with Gasteiger partial charge < -0.3 is 5.11 Å². The van der Waals surface area contributed by atoms with Crippen LogP contribution in [0.15, 0.2) is 41.3 Å². The van der Waals surface area contributed by atoms with Gasteiger partial charge in [0.05, 0.1) is 4.90 Å². The molecule has 0 saturated heterocycles. The molecule has 0 radical (unpaired) electrons. The average Bonchev–Trinajstić information content (AvgIpc) is 2.28. The maximum Gasteiger partial charge on any atom is 0.243 e. The largest absolute Gasteiger partial charge is 0.507 e. The van der Waals surface area contributed by atoms with E-state index in [2.05, 4.69) is 0 Å². The third kappa shape index (κ3) is 1.87. The summed E-state index contributed by atoms with van der Waals surface area (Å²) in [5.41, 5.74) is 0. The molecule has 0 aliphatic heterocycles. The van der Waals surface area contributed by atoms with Crippen molar-refractivity contribution in [1.29, 1.82) is 0 Å². The lowest BCUT2D eigenvalue weighted by atomic mass is 10.1. The molecule has 0 unspecified atom stereocenters. The van der Waals surface area contributed by atoms with Gasteiger partial charge in [0.1, 0.15) is 5.75 Å². The zero-order valence-corrected chi connectivity index (χ0v) is 10.4. The molecule has 5 heteroatoms. The van der Waals surface area contributed by atoms with Gasteiger partial charge in [0.15, 0.2) is 0 Å². The van der Waals surface area contributed by atoms with Gasteiger partial charge in [-0.2, -0.15) is 0 Å².